The molecule has 5 nitrogen and oxygen atoms in total. The summed E-state index contributed by atoms with van der Waals surface area (Å²) in [5.74, 6) is -0.271. The van der Waals surface area contributed by atoms with Gasteiger partial charge in [-0.1, -0.05) is 42.0 Å². The Morgan fingerprint density at radius 3 is 2.41 bits per heavy atom. The number of ketones is 1. The lowest BCUT2D eigenvalue weighted by Crippen LogP contribution is -2.37. The van der Waals surface area contributed by atoms with Crippen molar-refractivity contribution >= 4 is 27.3 Å². The molecule has 29 heavy (non-hydrogen) atoms. The summed E-state index contributed by atoms with van der Waals surface area (Å²) in [6.45, 7) is 5.60. The molecule has 0 aliphatic heterocycles. The normalized spacial score (nSPS) is 11.1. The predicted octanol–water partition coefficient (Wildman–Crippen LogP) is 4.23. The topological polar surface area (TPSA) is 71.9 Å². The lowest BCUT2D eigenvalue weighted by molar-refractivity contribution is 0.0969. The van der Waals surface area contributed by atoms with Gasteiger partial charge in [0.25, 0.3) is 5.56 Å². The van der Waals surface area contributed by atoms with E-state index in [2.05, 4.69) is 4.98 Å². The Morgan fingerprint density at radius 1 is 1.00 bits per heavy atom. The highest BCUT2D eigenvalue weighted by Crippen LogP contribution is 2.30. The number of nitrogens with zero attached hydrogens (tertiary/aromatic N) is 1. The Balaban J connectivity index is 1.80. The Kier molecular flexibility index (Phi) is 4.80. The second-order valence-electron chi connectivity index (χ2n) is 7.26. The molecule has 4 aromatic rings. The van der Waals surface area contributed by atoms with Gasteiger partial charge in [-0.3, -0.25) is 19.1 Å². The summed E-state index contributed by atoms with van der Waals surface area (Å²) in [6.07, 6.45) is 0. The van der Waals surface area contributed by atoms with Gasteiger partial charge in [-0.05, 0) is 43.5 Å². The fourth-order valence-corrected chi connectivity index (χ4v) is 4.24. The largest absolute Gasteiger partial charge is 0.329 e. The van der Waals surface area contributed by atoms with Crippen LogP contribution in [-0.2, 0) is 6.54 Å². The van der Waals surface area contributed by atoms with Gasteiger partial charge in [-0.25, -0.2) is 4.79 Å². The number of aryl methyl sites for hydroxylation is 3. The van der Waals surface area contributed by atoms with Crippen LogP contribution in [0.3, 0.4) is 0 Å². The first kappa shape index (κ1) is 19.1. The van der Waals surface area contributed by atoms with Crippen molar-refractivity contribution in [2.24, 2.45) is 0 Å². The van der Waals surface area contributed by atoms with Crippen molar-refractivity contribution in [3.05, 3.63) is 90.9 Å². The lowest BCUT2D eigenvalue weighted by atomic mass is 10.0. The molecule has 0 spiro atoms. The fourth-order valence-electron chi connectivity index (χ4n) is 3.29. The van der Waals surface area contributed by atoms with E-state index in [9.17, 15) is 14.4 Å². The molecule has 0 aliphatic rings. The van der Waals surface area contributed by atoms with E-state index in [-0.39, 0.29) is 12.3 Å². The third kappa shape index (κ3) is 3.47. The first-order valence-corrected chi connectivity index (χ1v) is 10.1. The maximum absolute atomic E-state index is 13.2. The summed E-state index contributed by atoms with van der Waals surface area (Å²) in [5.41, 5.74) is 4.33. The van der Waals surface area contributed by atoms with Gasteiger partial charge in [0.2, 0.25) is 0 Å². The van der Waals surface area contributed by atoms with Crippen molar-refractivity contribution < 1.29 is 4.79 Å². The summed E-state index contributed by atoms with van der Waals surface area (Å²) < 4.78 is 0.990. The van der Waals surface area contributed by atoms with Gasteiger partial charge in [0.05, 0.1) is 11.9 Å². The van der Waals surface area contributed by atoms with Crippen LogP contribution >= 0.6 is 11.3 Å². The molecule has 6 heteroatoms. The number of thiophene rings is 1. The summed E-state index contributed by atoms with van der Waals surface area (Å²) >= 11 is 1.32. The fraction of sp³-hybridized carbons (Fsp3) is 0.174. The van der Waals surface area contributed by atoms with Gasteiger partial charge in [0, 0.05) is 16.5 Å². The summed E-state index contributed by atoms with van der Waals surface area (Å²) in [7, 11) is 0. The second kappa shape index (κ2) is 7.29. The first-order valence-electron chi connectivity index (χ1n) is 9.27. The van der Waals surface area contributed by atoms with Crippen molar-refractivity contribution in [3.63, 3.8) is 0 Å². The number of aromatic nitrogens is 2. The molecule has 2 heterocycles. The van der Waals surface area contributed by atoms with Crippen LogP contribution in [0, 0.1) is 20.8 Å². The average molecular weight is 404 g/mol. The zero-order chi connectivity index (χ0) is 20.7. The molecular formula is C23H20N2O3S. The smallest absolute Gasteiger partial charge is 0.298 e. The monoisotopic (exact) mass is 404 g/mol. The van der Waals surface area contributed by atoms with Crippen LogP contribution in [0.4, 0.5) is 0 Å². The van der Waals surface area contributed by atoms with Crippen LogP contribution in [0.2, 0.25) is 0 Å². The zero-order valence-electron chi connectivity index (χ0n) is 16.4. The van der Waals surface area contributed by atoms with E-state index in [1.165, 1.54) is 11.3 Å². The van der Waals surface area contributed by atoms with Crippen molar-refractivity contribution in [2.45, 2.75) is 27.3 Å². The van der Waals surface area contributed by atoms with E-state index >= 15 is 0 Å². The maximum atomic E-state index is 13.2. The third-order valence-corrected chi connectivity index (χ3v) is 6.10. The molecule has 0 fully saturated rings. The number of aromatic amines is 1. The molecule has 0 saturated heterocycles. The minimum atomic E-state index is -0.572. The van der Waals surface area contributed by atoms with Crippen molar-refractivity contribution in [3.8, 4) is 11.1 Å². The molecular weight excluding hydrogens is 384 g/mol. The molecule has 1 N–H and O–H groups in total. The highest BCUT2D eigenvalue weighted by molar-refractivity contribution is 7.17. The number of fused-ring (bicyclic) bond motifs is 1. The molecule has 0 radical (unpaired) electrons. The van der Waals surface area contributed by atoms with Crippen LogP contribution in [0.5, 0.6) is 0 Å². The van der Waals surface area contributed by atoms with E-state index in [1.807, 2.05) is 56.5 Å². The van der Waals surface area contributed by atoms with Crippen LogP contribution < -0.4 is 11.2 Å². The van der Waals surface area contributed by atoms with Gasteiger partial charge in [0.15, 0.2) is 5.78 Å². The van der Waals surface area contributed by atoms with E-state index in [0.717, 1.165) is 32.4 Å². The van der Waals surface area contributed by atoms with Crippen LogP contribution in [-0.4, -0.2) is 15.3 Å². The van der Waals surface area contributed by atoms with Gasteiger partial charge in [-0.2, -0.15) is 0 Å². The number of hydrogen-bond acceptors (Lipinski definition) is 4. The quantitative estimate of drug-likeness (QED) is 0.518. The van der Waals surface area contributed by atoms with E-state index < -0.39 is 11.2 Å². The zero-order valence-corrected chi connectivity index (χ0v) is 17.2. The van der Waals surface area contributed by atoms with Gasteiger partial charge in [0.1, 0.15) is 4.83 Å². The lowest BCUT2D eigenvalue weighted by Gasteiger charge is -2.07. The Morgan fingerprint density at radius 2 is 1.72 bits per heavy atom. The van der Waals surface area contributed by atoms with Crippen molar-refractivity contribution in [1.82, 2.24) is 9.55 Å². The minimum Gasteiger partial charge on any atom is -0.298 e. The predicted molar refractivity (Wildman–Crippen MR) is 117 cm³/mol. The molecule has 0 amide bonds. The van der Waals surface area contributed by atoms with E-state index in [1.54, 1.807) is 12.1 Å². The number of Topliss-reactive ketones (excluding diaryl/α,β-unsaturated/α-hetero) is 1. The number of nitrogens with one attached hydrogen (secondary N) is 1. The van der Waals surface area contributed by atoms with Crippen LogP contribution in [0.15, 0.2) is 57.4 Å². The average Bonchev–Trinajstić information content (AvgIpc) is 3.11. The number of hydrogen-bond donors (Lipinski definition) is 1. The number of benzene rings is 2. The summed E-state index contributed by atoms with van der Waals surface area (Å²) in [5, 5.41) is 2.30. The standard InChI is InChI=1S/C23H20N2O3S/c1-13-4-7-16(8-5-13)18-12-29-21-20(18)22(27)25(23(28)24-21)11-19(26)17-9-6-14(2)15(3)10-17/h4-10,12H,11H2,1-3H3,(H,24,28). The Bertz CT molecular complexity index is 1360. The minimum absolute atomic E-state index is 0.271. The Labute approximate surface area is 171 Å². The SMILES string of the molecule is Cc1ccc(-c2csc3[nH]c(=O)n(CC(=O)c4ccc(C)c(C)c4)c(=O)c23)cc1. The van der Waals surface area contributed by atoms with E-state index in [0.29, 0.717) is 15.8 Å². The molecule has 146 valence electrons. The van der Waals surface area contributed by atoms with Gasteiger partial charge >= 0.3 is 5.69 Å². The van der Waals surface area contributed by atoms with Crippen molar-refractivity contribution in [1.29, 1.82) is 0 Å². The molecule has 2 aromatic heterocycles. The molecule has 2 aromatic carbocycles. The molecule has 0 unspecified atom stereocenters. The first-order chi connectivity index (χ1) is 13.8. The second-order valence-corrected chi connectivity index (χ2v) is 8.14. The summed E-state index contributed by atoms with van der Waals surface area (Å²) in [4.78, 5) is 41.7. The van der Waals surface area contributed by atoms with E-state index in [4.69, 9.17) is 0 Å². The van der Waals surface area contributed by atoms with Crippen LogP contribution in [0.25, 0.3) is 21.3 Å². The molecule has 0 atom stereocenters. The summed E-state index contributed by atoms with van der Waals surface area (Å²) in [6, 6.07) is 13.2. The van der Waals surface area contributed by atoms with Gasteiger partial charge in [-0.15, -0.1) is 11.3 Å². The number of H-pyrrole nitrogens is 1. The highest BCUT2D eigenvalue weighted by Gasteiger charge is 2.17. The number of carbonyl (C=O) groups is 1. The molecule has 4 rings (SSSR count). The molecule has 0 aliphatic carbocycles. The molecule has 0 bridgehead atoms. The van der Waals surface area contributed by atoms with Crippen molar-refractivity contribution in [2.75, 3.05) is 0 Å². The number of rotatable bonds is 4. The Hall–Kier alpha value is -3.25. The van der Waals surface area contributed by atoms with Crippen LogP contribution in [0.1, 0.15) is 27.0 Å². The maximum Gasteiger partial charge on any atom is 0.329 e. The highest BCUT2D eigenvalue weighted by atomic mass is 32.1. The number of carbonyl (C=O) groups excluding carboxylic acids is 1. The molecule has 0 saturated carbocycles. The van der Waals surface area contributed by atoms with Gasteiger partial charge < -0.3 is 0 Å². The third-order valence-electron chi connectivity index (χ3n) is 5.21.